The summed E-state index contributed by atoms with van der Waals surface area (Å²) in [4.78, 5) is 2.31. The molecule has 3 rings (SSSR count). The van der Waals surface area contributed by atoms with Crippen LogP contribution in [0.3, 0.4) is 0 Å². The molecule has 0 amide bonds. The number of likely N-dealkylation sites (tertiary alicyclic amines) is 1. The zero-order valence-electron chi connectivity index (χ0n) is 12.3. The van der Waals surface area contributed by atoms with Crippen LogP contribution in [0.2, 0.25) is 0 Å². The standard InChI is InChI=1S/C16H15F3N4/c17-16(18,19)15-4-3-14(7-13(15)8-20)23-11-12(9-21-23)10-22-5-1-2-6-22/h3-4,7,9,11H,1-2,5-6,10H2. The average Bonchev–Trinajstić information content (AvgIpc) is 3.18. The Balaban J connectivity index is 1.84. The molecule has 0 atom stereocenters. The summed E-state index contributed by atoms with van der Waals surface area (Å²) in [7, 11) is 0. The first-order valence-corrected chi connectivity index (χ1v) is 7.35. The number of nitrogens with zero attached hydrogens (tertiary/aromatic N) is 4. The summed E-state index contributed by atoms with van der Waals surface area (Å²) in [5.74, 6) is 0. The summed E-state index contributed by atoms with van der Waals surface area (Å²) in [6.07, 6.45) is 1.36. The highest BCUT2D eigenvalue weighted by molar-refractivity contribution is 5.47. The summed E-state index contributed by atoms with van der Waals surface area (Å²) in [6, 6.07) is 5.08. The van der Waals surface area contributed by atoms with Gasteiger partial charge >= 0.3 is 6.18 Å². The highest BCUT2D eigenvalue weighted by atomic mass is 19.4. The first kappa shape index (κ1) is 15.6. The predicted octanol–water partition coefficient (Wildman–Crippen LogP) is 3.36. The van der Waals surface area contributed by atoms with Crippen molar-refractivity contribution >= 4 is 0 Å². The molecule has 0 saturated carbocycles. The van der Waals surface area contributed by atoms with Gasteiger partial charge in [0, 0.05) is 18.3 Å². The Labute approximate surface area is 131 Å². The van der Waals surface area contributed by atoms with Crippen molar-refractivity contribution in [1.82, 2.24) is 14.7 Å². The lowest BCUT2D eigenvalue weighted by molar-refractivity contribution is -0.137. The van der Waals surface area contributed by atoms with Crippen LogP contribution < -0.4 is 0 Å². The molecule has 0 aliphatic carbocycles. The quantitative estimate of drug-likeness (QED) is 0.871. The van der Waals surface area contributed by atoms with Gasteiger partial charge in [-0.3, -0.25) is 4.90 Å². The summed E-state index contributed by atoms with van der Waals surface area (Å²) in [5.41, 5.74) is 0.132. The van der Waals surface area contributed by atoms with Crippen LogP contribution in [0.1, 0.15) is 29.5 Å². The third kappa shape index (κ3) is 3.37. The van der Waals surface area contributed by atoms with Gasteiger partial charge in [0.25, 0.3) is 0 Å². The van der Waals surface area contributed by atoms with Crippen LogP contribution in [0.4, 0.5) is 13.2 Å². The van der Waals surface area contributed by atoms with E-state index in [4.69, 9.17) is 5.26 Å². The number of aromatic nitrogens is 2. The Hall–Kier alpha value is -2.33. The Morgan fingerprint density at radius 2 is 1.96 bits per heavy atom. The number of rotatable bonds is 3. The number of nitriles is 1. The number of hydrogen-bond donors (Lipinski definition) is 0. The molecule has 23 heavy (non-hydrogen) atoms. The van der Waals surface area contributed by atoms with Gasteiger partial charge in [-0.1, -0.05) is 0 Å². The van der Waals surface area contributed by atoms with Gasteiger partial charge in [-0.05, 0) is 44.1 Å². The molecule has 120 valence electrons. The summed E-state index contributed by atoms with van der Waals surface area (Å²) < 4.78 is 40.0. The van der Waals surface area contributed by atoms with E-state index in [-0.39, 0.29) is 0 Å². The van der Waals surface area contributed by atoms with Gasteiger partial charge in [-0.25, -0.2) is 4.68 Å². The minimum atomic E-state index is -4.53. The van der Waals surface area contributed by atoms with Crippen molar-refractivity contribution in [2.24, 2.45) is 0 Å². The highest BCUT2D eigenvalue weighted by Gasteiger charge is 2.33. The molecule has 1 aliphatic rings. The minimum Gasteiger partial charge on any atom is -0.299 e. The van der Waals surface area contributed by atoms with E-state index < -0.39 is 17.3 Å². The largest absolute Gasteiger partial charge is 0.417 e. The Morgan fingerprint density at radius 3 is 2.61 bits per heavy atom. The number of halogens is 3. The van der Waals surface area contributed by atoms with Crippen LogP contribution >= 0.6 is 0 Å². The third-order valence-electron chi connectivity index (χ3n) is 3.93. The van der Waals surface area contributed by atoms with E-state index in [2.05, 4.69) is 10.00 Å². The van der Waals surface area contributed by atoms with Crippen LogP contribution in [0, 0.1) is 11.3 Å². The highest BCUT2D eigenvalue weighted by Crippen LogP contribution is 2.32. The molecular formula is C16H15F3N4. The molecule has 1 saturated heterocycles. The second-order valence-electron chi connectivity index (χ2n) is 5.62. The Bertz CT molecular complexity index is 737. The van der Waals surface area contributed by atoms with Crippen molar-refractivity contribution < 1.29 is 13.2 Å². The second-order valence-corrected chi connectivity index (χ2v) is 5.62. The van der Waals surface area contributed by atoms with Crippen molar-refractivity contribution in [2.45, 2.75) is 25.6 Å². The molecule has 0 spiro atoms. The summed E-state index contributed by atoms with van der Waals surface area (Å²) in [6.45, 7) is 2.90. The first-order valence-electron chi connectivity index (χ1n) is 7.35. The molecule has 0 N–H and O–H groups in total. The second kappa shape index (κ2) is 6.05. The number of benzene rings is 1. The zero-order chi connectivity index (χ0) is 16.4. The molecule has 1 fully saturated rings. The van der Waals surface area contributed by atoms with Crippen molar-refractivity contribution in [1.29, 1.82) is 5.26 Å². The molecule has 1 aromatic carbocycles. The molecule has 1 aromatic heterocycles. The fourth-order valence-corrected chi connectivity index (χ4v) is 2.80. The molecule has 2 heterocycles. The van der Waals surface area contributed by atoms with E-state index in [0.717, 1.165) is 31.3 Å². The number of hydrogen-bond acceptors (Lipinski definition) is 3. The maximum atomic E-state index is 12.8. The van der Waals surface area contributed by atoms with Crippen LogP contribution in [0.5, 0.6) is 0 Å². The van der Waals surface area contributed by atoms with E-state index in [9.17, 15) is 13.2 Å². The van der Waals surface area contributed by atoms with E-state index in [1.165, 1.54) is 29.7 Å². The molecule has 0 radical (unpaired) electrons. The van der Waals surface area contributed by atoms with Gasteiger partial charge in [-0.2, -0.15) is 23.5 Å². The van der Waals surface area contributed by atoms with Crippen molar-refractivity contribution in [3.8, 4) is 11.8 Å². The SMILES string of the molecule is N#Cc1cc(-n2cc(CN3CCCC3)cn2)ccc1C(F)(F)F. The van der Waals surface area contributed by atoms with E-state index in [0.29, 0.717) is 5.69 Å². The zero-order valence-corrected chi connectivity index (χ0v) is 12.3. The van der Waals surface area contributed by atoms with Crippen molar-refractivity contribution in [3.05, 3.63) is 47.3 Å². The van der Waals surface area contributed by atoms with Gasteiger partial charge in [0.05, 0.1) is 29.1 Å². The molecule has 7 heteroatoms. The fourth-order valence-electron chi connectivity index (χ4n) is 2.80. The fraction of sp³-hybridized carbons (Fsp3) is 0.375. The van der Waals surface area contributed by atoms with Crippen LogP contribution in [0.25, 0.3) is 5.69 Å². The predicted molar refractivity (Wildman–Crippen MR) is 77.8 cm³/mol. The van der Waals surface area contributed by atoms with E-state index in [1.54, 1.807) is 18.5 Å². The summed E-state index contributed by atoms with van der Waals surface area (Å²) in [5, 5.41) is 13.2. The van der Waals surface area contributed by atoms with Gasteiger partial charge in [0.2, 0.25) is 0 Å². The molecule has 2 aromatic rings. The van der Waals surface area contributed by atoms with Gasteiger partial charge < -0.3 is 0 Å². The smallest absolute Gasteiger partial charge is 0.299 e. The molecule has 0 unspecified atom stereocenters. The first-order chi connectivity index (χ1) is 11.0. The Morgan fingerprint density at radius 1 is 1.22 bits per heavy atom. The van der Waals surface area contributed by atoms with Gasteiger partial charge in [-0.15, -0.1) is 0 Å². The van der Waals surface area contributed by atoms with E-state index >= 15 is 0 Å². The molecule has 4 nitrogen and oxygen atoms in total. The third-order valence-corrected chi connectivity index (χ3v) is 3.93. The number of alkyl halides is 3. The van der Waals surface area contributed by atoms with Gasteiger partial charge in [0.15, 0.2) is 0 Å². The maximum Gasteiger partial charge on any atom is 0.417 e. The van der Waals surface area contributed by atoms with Gasteiger partial charge in [0.1, 0.15) is 0 Å². The monoisotopic (exact) mass is 320 g/mol. The topological polar surface area (TPSA) is 44.9 Å². The lowest BCUT2D eigenvalue weighted by atomic mass is 10.1. The van der Waals surface area contributed by atoms with Crippen LogP contribution in [0.15, 0.2) is 30.6 Å². The Kier molecular flexibility index (Phi) is 4.09. The maximum absolute atomic E-state index is 12.8. The van der Waals surface area contributed by atoms with Crippen LogP contribution in [-0.2, 0) is 12.7 Å². The molecular weight excluding hydrogens is 305 g/mol. The van der Waals surface area contributed by atoms with Crippen LogP contribution in [-0.4, -0.2) is 27.8 Å². The van der Waals surface area contributed by atoms with E-state index in [1.807, 2.05) is 0 Å². The summed E-state index contributed by atoms with van der Waals surface area (Å²) >= 11 is 0. The normalized spacial score (nSPS) is 15.7. The van der Waals surface area contributed by atoms with Crippen molar-refractivity contribution in [2.75, 3.05) is 13.1 Å². The lowest BCUT2D eigenvalue weighted by Gasteiger charge is -2.12. The minimum absolute atomic E-state index is 0.397. The molecule has 0 bridgehead atoms. The lowest BCUT2D eigenvalue weighted by Crippen LogP contribution is -2.17. The molecule has 1 aliphatic heterocycles. The average molecular weight is 320 g/mol. The van der Waals surface area contributed by atoms with Crippen molar-refractivity contribution in [3.63, 3.8) is 0 Å².